The first-order valence-corrected chi connectivity index (χ1v) is 14.8. The molecule has 4 saturated carbocycles. The second-order valence-electron chi connectivity index (χ2n) is 13.6. The normalized spacial score (nSPS) is 41.8. The monoisotopic (exact) mass is 508 g/mol. The fourth-order valence-electron chi connectivity index (χ4n) is 9.85. The highest BCUT2D eigenvalue weighted by Crippen LogP contribution is 2.68. The summed E-state index contributed by atoms with van der Waals surface area (Å²) >= 11 is 0. The molecule has 4 aliphatic carbocycles. The Bertz CT molecular complexity index is 995. The minimum atomic E-state index is -0.247. The molecule has 204 valence electrons. The number of ether oxygens (including phenoxy) is 1. The Labute approximate surface area is 224 Å². The van der Waals surface area contributed by atoms with Crippen LogP contribution in [0.3, 0.4) is 0 Å². The molecule has 4 aliphatic rings. The molecule has 0 aliphatic heterocycles. The van der Waals surface area contributed by atoms with E-state index in [9.17, 15) is 9.59 Å². The van der Waals surface area contributed by atoms with Crippen LogP contribution in [0.15, 0.2) is 30.3 Å². The molecule has 1 aromatic rings. The molecule has 0 radical (unpaired) electrons. The molecule has 0 bridgehead atoms. The molecule has 4 fully saturated rings. The van der Waals surface area contributed by atoms with Crippen molar-refractivity contribution in [1.82, 2.24) is 10.2 Å². The third-order valence-corrected chi connectivity index (χ3v) is 11.9. The zero-order valence-electron chi connectivity index (χ0n) is 23.8. The zero-order chi connectivity index (χ0) is 26.5. The van der Waals surface area contributed by atoms with Gasteiger partial charge in [-0.3, -0.25) is 9.59 Å². The first kappa shape index (κ1) is 26.7. The van der Waals surface area contributed by atoms with Crippen LogP contribution in [0.25, 0.3) is 0 Å². The van der Waals surface area contributed by atoms with Crippen LogP contribution < -0.4 is 5.32 Å². The number of carbonyl (C=O) groups is 2. The highest BCUT2D eigenvalue weighted by Gasteiger charge is 2.62. The summed E-state index contributed by atoms with van der Waals surface area (Å²) in [7, 11) is 4.48. The van der Waals surface area contributed by atoms with Crippen molar-refractivity contribution in [3.63, 3.8) is 0 Å². The topological polar surface area (TPSA) is 58.6 Å². The Kier molecular flexibility index (Phi) is 7.23. The average molecular weight is 509 g/mol. The molecule has 5 heteroatoms. The van der Waals surface area contributed by atoms with Crippen LogP contribution in [0.4, 0.5) is 0 Å². The summed E-state index contributed by atoms with van der Waals surface area (Å²) in [4.78, 5) is 27.8. The molecule has 10 atom stereocenters. The van der Waals surface area contributed by atoms with Gasteiger partial charge in [0.25, 0.3) is 5.91 Å². The van der Waals surface area contributed by atoms with Gasteiger partial charge in [-0.15, -0.1) is 0 Å². The van der Waals surface area contributed by atoms with Gasteiger partial charge in [0.2, 0.25) is 0 Å². The van der Waals surface area contributed by atoms with E-state index in [0.717, 1.165) is 37.0 Å². The number of amides is 1. The Morgan fingerprint density at radius 3 is 2.24 bits per heavy atom. The molecule has 37 heavy (non-hydrogen) atoms. The van der Waals surface area contributed by atoms with Crippen LogP contribution in [0, 0.1) is 40.4 Å². The lowest BCUT2D eigenvalue weighted by molar-refractivity contribution is -0.179. The quantitative estimate of drug-likeness (QED) is 0.501. The summed E-state index contributed by atoms with van der Waals surface area (Å²) < 4.78 is 6.08. The van der Waals surface area contributed by atoms with Crippen molar-refractivity contribution in [3.8, 4) is 0 Å². The van der Waals surface area contributed by atoms with Crippen LogP contribution >= 0.6 is 0 Å². The van der Waals surface area contributed by atoms with Gasteiger partial charge in [0.05, 0.1) is 6.04 Å². The zero-order valence-corrected chi connectivity index (χ0v) is 23.8. The van der Waals surface area contributed by atoms with Gasteiger partial charge >= 0.3 is 5.97 Å². The number of fused-ring (bicyclic) bond motifs is 5. The second-order valence-corrected chi connectivity index (χ2v) is 13.6. The van der Waals surface area contributed by atoms with Gasteiger partial charge in [-0.25, -0.2) is 0 Å². The number of hydrogen-bond acceptors (Lipinski definition) is 4. The van der Waals surface area contributed by atoms with Gasteiger partial charge in [0.15, 0.2) is 0 Å². The van der Waals surface area contributed by atoms with E-state index in [1.54, 1.807) is 0 Å². The number of nitrogens with zero attached hydrogens (tertiary/aromatic N) is 1. The molecule has 0 spiro atoms. The fourth-order valence-corrected chi connectivity index (χ4v) is 9.85. The molecule has 0 saturated heterocycles. The highest BCUT2D eigenvalue weighted by molar-refractivity contribution is 5.94. The van der Waals surface area contributed by atoms with Crippen LogP contribution in [0.2, 0.25) is 0 Å². The first-order valence-electron chi connectivity index (χ1n) is 14.8. The predicted molar refractivity (Wildman–Crippen MR) is 147 cm³/mol. The minimum Gasteiger partial charge on any atom is -0.460 e. The van der Waals surface area contributed by atoms with Gasteiger partial charge in [-0.1, -0.05) is 32.0 Å². The maximum absolute atomic E-state index is 13.1. The molecule has 1 unspecified atom stereocenters. The maximum Gasteiger partial charge on any atom is 0.302 e. The van der Waals surface area contributed by atoms with Gasteiger partial charge < -0.3 is 15.0 Å². The largest absolute Gasteiger partial charge is 0.460 e. The number of nitrogens with one attached hydrogen (secondary N) is 1. The van der Waals surface area contributed by atoms with Gasteiger partial charge in [-0.05, 0) is 119 Å². The summed E-state index contributed by atoms with van der Waals surface area (Å²) in [5, 5.41) is 3.26. The number of benzene rings is 1. The van der Waals surface area contributed by atoms with E-state index in [1.165, 1.54) is 39.0 Å². The van der Waals surface area contributed by atoms with E-state index < -0.39 is 0 Å². The fraction of sp³-hybridized carbons (Fsp3) is 0.750. The Balaban J connectivity index is 1.37. The number of hydrogen-bond donors (Lipinski definition) is 1. The van der Waals surface area contributed by atoms with Gasteiger partial charge in [-0.2, -0.15) is 0 Å². The van der Waals surface area contributed by atoms with E-state index in [2.05, 4.69) is 45.1 Å². The Morgan fingerprint density at radius 2 is 1.57 bits per heavy atom. The van der Waals surface area contributed by atoms with Gasteiger partial charge in [0, 0.05) is 24.4 Å². The van der Waals surface area contributed by atoms with Crippen molar-refractivity contribution in [2.75, 3.05) is 14.1 Å². The first-order chi connectivity index (χ1) is 17.6. The minimum absolute atomic E-state index is 0.0690. The Morgan fingerprint density at radius 1 is 0.919 bits per heavy atom. The smallest absolute Gasteiger partial charge is 0.302 e. The van der Waals surface area contributed by atoms with E-state index in [-0.39, 0.29) is 29.4 Å². The van der Waals surface area contributed by atoms with Crippen LogP contribution in [0.5, 0.6) is 0 Å². The van der Waals surface area contributed by atoms with Crippen molar-refractivity contribution in [2.24, 2.45) is 40.4 Å². The summed E-state index contributed by atoms with van der Waals surface area (Å²) in [5.74, 6) is 3.03. The number of rotatable bonds is 5. The standard InChI is InChI=1S/C32H48N2O3/c1-20(34(5)6)24-14-15-25-23-12-13-27-29(37-21(2)35)28(33-30(36)22-10-8-7-9-11-22)17-19-32(27,4)26(23)16-18-31(24,25)3/h7-11,20,23-29H,12-19H2,1-6H3,(H,33,36)/t20?,23-,24+,25-,26-,27-,28-,29+,31+,32+/m0/s1. The molecular weight excluding hydrogens is 460 g/mol. The summed E-state index contributed by atoms with van der Waals surface area (Å²) in [6.07, 6.45) is 9.36. The summed E-state index contributed by atoms with van der Waals surface area (Å²) in [5.41, 5.74) is 1.25. The second kappa shape index (κ2) is 10.0. The third kappa shape index (κ3) is 4.53. The van der Waals surface area contributed by atoms with Crippen LogP contribution in [-0.2, 0) is 9.53 Å². The third-order valence-electron chi connectivity index (χ3n) is 11.9. The van der Waals surface area contributed by atoms with Crippen molar-refractivity contribution in [1.29, 1.82) is 0 Å². The lowest BCUT2D eigenvalue weighted by Gasteiger charge is -2.62. The molecule has 1 N–H and O–H groups in total. The average Bonchev–Trinajstić information content (AvgIpc) is 3.22. The Hall–Kier alpha value is -1.88. The molecule has 5 nitrogen and oxygen atoms in total. The SMILES string of the molecule is CC(=O)O[C@H]1[C@@H](NC(=O)c2ccccc2)CC[C@]2(C)[C@H]3CC[C@]4(C)[C@@H](C(C)N(C)C)CC[C@H]4[C@@H]3CC[C@@H]12. The van der Waals surface area contributed by atoms with E-state index in [4.69, 9.17) is 4.74 Å². The molecule has 1 aromatic carbocycles. The van der Waals surface area contributed by atoms with Crippen LogP contribution in [0.1, 0.15) is 89.4 Å². The van der Waals surface area contributed by atoms with Crippen LogP contribution in [-0.4, -0.2) is 49.1 Å². The van der Waals surface area contributed by atoms with E-state index in [0.29, 0.717) is 28.9 Å². The van der Waals surface area contributed by atoms with E-state index in [1.807, 2.05) is 30.3 Å². The van der Waals surface area contributed by atoms with Gasteiger partial charge in [0.1, 0.15) is 6.10 Å². The number of carbonyl (C=O) groups excluding carboxylic acids is 2. The van der Waals surface area contributed by atoms with Crippen molar-refractivity contribution in [2.45, 2.75) is 97.2 Å². The maximum atomic E-state index is 13.1. The molecule has 0 aromatic heterocycles. The van der Waals surface area contributed by atoms with E-state index >= 15 is 0 Å². The van der Waals surface area contributed by atoms with Crippen molar-refractivity contribution in [3.05, 3.63) is 35.9 Å². The molecule has 1 amide bonds. The lowest BCUT2D eigenvalue weighted by Crippen LogP contribution is -2.62. The molecule has 0 heterocycles. The predicted octanol–water partition coefficient (Wildman–Crippen LogP) is 5.94. The highest BCUT2D eigenvalue weighted by atomic mass is 16.5. The summed E-state index contributed by atoms with van der Waals surface area (Å²) in [6.45, 7) is 9.05. The van der Waals surface area contributed by atoms with Crippen molar-refractivity contribution < 1.29 is 14.3 Å². The number of esters is 1. The molecular formula is C32H48N2O3. The summed E-state index contributed by atoms with van der Waals surface area (Å²) in [6, 6.07) is 9.89. The van der Waals surface area contributed by atoms with Crippen molar-refractivity contribution >= 4 is 11.9 Å². The lowest BCUT2D eigenvalue weighted by atomic mass is 9.44. The molecule has 5 rings (SSSR count).